The van der Waals surface area contributed by atoms with Crippen molar-refractivity contribution in [2.24, 2.45) is 5.73 Å². The quantitative estimate of drug-likeness (QED) is 0.848. The van der Waals surface area contributed by atoms with Crippen LogP contribution in [0.1, 0.15) is 49.3 Å². The van der Waals surface area contributed by atoms with Gasteiger partial charge in [0.25, 0.3) is 0 Å². The summed E-state index contributed by atoms with van der Waals surface area (Å²) >= 11 is 1.35. The van der Waals surface area contributed by atoms with Crippen LogP contribution in [-0.4, -0.2) is 35.8 Å². The molecule has 1 saturated heterocycles. The maximum atomic E-state index is 12.1. The van der Waals surface area contributed by atoms with E-state index in [1.165, 1.54) is 24.2 Å². The van der Waals surface area contributed by atoms with Gasteiger partial charge in [-0.25, -0.2) is 0 Å². The number of carbonyl (C=O) groups excluding carboxylic acids is 2. The van der Waals surface area contributed by atoms with Crippen LogP contribution in [0.2, 0.25) is 0 Å². The molecular formula is C17H26N4O2S. The summed E-state index contributed by atoms with van der Waals surface area (Å²) in [4.78, 5) is 26.8. The molecule has 1 aliphatic rings. The topological polar surface area (TPSA) is 99.2 Å². The third-order valence-electron chi connectivity index (χ3n) is 3.76. The van der Waals surface area contributed by atoms with Crippen molar-refractivity contribution in [1.29, 1.82) is 5.26 Å². The van der Waals surface area contributed by atoms with Gasteiger partial charge in [-0.05, 0) is 25.0 Å². The van der Waals surface area contributed by atoms with Gasteiger partial charge in [0, 0.05) is 11.4 Å². The number of carbonyl (C=O) groups is 2. The molecule has 1 fully saturated rings. The molecule has 1 atom stereocenters. The Morgan fingerprint density at radius 1 is 1.42 bits per heavy atom. The Morgan fingerprint density at radius 3 is 2.67 bits per heavy atom. The average Bonchev–Trinajstić information content (AvgIpc) is 3.28. The molecule has 132 valence electrons. The predicted molar refractivity (Wildman–Crippen MR) is 95.3 cm³/mol. The summed E-state index contributed by atoms with van der Waals surface area (Å²) in [6.45, 7) is 5.26. The normalized spacial score (nSPS) is 16.1. The smallest absolute Gasteiger partial charge is 0.243 e. The van der Waals surface area contributed by atoms with Crippen molar-refractivity contribution >= 4 is 23.2 Å². The lowest BCUT2D eigenvalue weighted by Crippen LogP contribution is -2.47. The van der Waals surface area contributed by atoms with Gasteiger partial charge in [-0.15, -0.1) is 11.3 Å². The minimum absolute atomic E-state index is 0.0692. The third-order valence-corrected chi connectivity index (χ3v) is 4.75. The highest BCUT2D eigenvalue weighted by molar-refractivity contribution is 7.12. The summed E-state index contributed by atoms with van der Waals surface area (Å²) in [6.07, 6.45) is 4.13. The first-order valence-electron chi connectivity index (χ1n) is 8.33. The molecule has 1 aromatic rings. The Kier molecular flexibility index (Phi) is 9.05. The second-order valence-electron chi connectivity index (χ2n) is 5.54. The molecule has 0 bridgehead atoms. The minimum Gasteiger partial charge on any atom is -0.349 e. The summed E-state index contributed by atoms with van der Waals surface area (Å²) < 4.78 is 0. The van der Waals surface area contributed by atoms with E-state index in [0.29, 0.717) is 24.4 Å². The molecule has 0 radical (unpaired) electrons. The van der Waals surface area contributed by atoms with Crippen LogP contribution in [-0.2, 0) is 16.1 Å². The second-order valence-corrected chi connectivity index (χ2v) is 6.71. The average molecular weight is 350 g/mol. The number of likely N-dealkylation sites (tertiary alicyclic amines) is 1. The third kappa shape index (κ3) is 5.95. The number of amides is 2. The van der Waals surface area contributed by atoms with Crippen LogP contribution < -0.4 is 11.1 Å². The van der Waals surface area contributed by atoms with E-state index in [0.717, 1.165) is 11.3 Å². The van der Waals surface area contributed by atoms with E-state index in [-0.39, 0.29) is 18.4 Å². The van der Waals surface area contributed by atoms with Gasteiger partial charge in [0.05, 0.1) is 13.1 Å². The highest BCUT2D eigenvalue weighted by atomic mass is 32.1. The van der Waals surface area contributed by atoms with Crippen LogP contribution in [0.25, 0.3) is 0 Å². The van der Waals surface area contributed by atoms with Crippen LogP contribution in [0.4, 0.5) is 0 Å². The lowest BCUT2D eigenvalue weighted by molar-refractivity contribution is -0.137. The van der Waals surface area contributed by atoms with E-state index in [2.05, 4.69) is 25.2 Å². The Morgan fingerprint density at radius 2 is 2.12 bits per heavy atom. The molecule has 2 heterocycles. The van der Waals surface area contributed by atoms with Crippen molar-refractivity contribution in [3.63, 3.8) is 0 Å². The summed E-state index contributed by atoms with van der Waals surface area (Å²) in [6, 6.07) is 5.19. The first kappa shape index (κ1) is 20.1. The van der Waals surface area contributed by atoms with Gasteiger partial charge < -0.3 is 16.0 Å². The fraction of sp³-hybridized carbons (Fsp3) is 0.588. The van der Waals surface area contributed by atoms with Gasteiger partial charge in [0.15, 0.2) is 0 Å². The van der Waals surface area contributed by atoms with Crippen molar-refractivity contribution in [2.75, 3.05) is 13.1 Å². The van der Waals surface area contributed by atoms with E-state index in [9.17, 15) is 9.59 Å². The highest BCUT2D eigenvalue weighted by Crippen LogP contribution is 2.18. The van der Waals surface area contributed by atoms with Crippen LogP contribution in [0.3, 0.4) is 0 Å². The summed E-state index contributed by atoms with van der Waals surface area (Å²) in [7, 11) is 0. The monoisotopic (exact) mass is 350 g/mol. The largest absolute Gasteiger partial charge is 0.349 e. The summed E-state index contributed by atoms with van der Waals surface area (Å²) in [5.74, 6) is -0.346. The molecule has 7 heteroatoms. The maximum Gasteiger partial charge on any atom is 0.243 e. The van der Waals surface area contributed by atoms with Gasteiger partial charge in [-0.2, -0.15) is 5.26 Å². The number of nitrogens with one attached hydrogen (secondary N) is 1. The van der Waals surface area contributed by atoms with Crippen LogP contribution >= 0.6 is 11.3 Å². The Bertz CT molecular complexity index is 577. The molecule has 1 aliphatic heterocycles. The lowest BCUT2D eigenvalue weighted by Gasteiger charge is -2.23. The fourth-order valence-corrected chi connectivity index (χ4v) is 3.02. The van der Waals surface area contributed by atoms with Crippen molar-refractivity contribution in [2.45, 2.75) is 52.1 Å². The van der Waals surface area contributed by atoms with E-state index in [4.69, 9.17) is 11.0 Å². The summed E-state index contributed by atoms with van der Waals surface area (Å²) in [5, 5.41) is 11.6. The molecule has 1 aromatic heterocycles. The number of nitrogens with two attached hydrogens (primary N) is 1. The van der Waals surface area contributed by atoms with Crippen LogP contribution in [0.15, 0.2) is 12.1 Å². The van der Waals surface area contributed by atoms with E-state index >= 15 is 0 Å². The first-order valence-corrected chi connectivity index (χ1v) is 9.15. The molecule has 2 amide bonds. The lowest BCUT2D eigenvalue weighted by atomic mass is 10.2. The number of unbranched alkanes of at least 4 members (excludes halogenated alkanes) is 1. The highest BCUT2D eigenvalue weighted by Gasteiger charge is 2.33. The SMILES string of the molecule is CCCC.N#Cc1ccc(CNC(=O)C2CCCN2C(=O)CN)s1. The fourth-order valence-electron chi connectivity index (χ4n) is 2.28. The van der Waals surface area contributed by atoms with Gasteiger partial charge in [-0.1, -0.05) is 26.7 Å². The molecule has 3 N–H and O–H groups in total. The Balaban J connectivity index is 0.000000648. The van der Waals surface area contributed by atoms with Gasteiger partial charge in [0.2, 0.25) is 11.8 Å². The molecule has 0 aliphatic carbocycles. The van der Waals surface area contributed by atoms with Gasteiger partial charge >= 0.3 is 0 Å². The van der Waals surface area contributed by atoms with E-state index in [1.54, 1.807) is 11.0 Å². The molecule has 2 rings (SSSR count). The number of rotatable bonds is 5. The van der Waals surface area contributed by atoms with Crippen molar-refractivity contribution in [1.82, 2.24) is 10.2 Å². The molecule has 0 saturated carbocycles. The zero-order valence-corrected chi connectivity index (χ0v) is 15.2. The maximum absolute atomic E-state index is 12.1. The van der Waals surface area contributed by atoms with Crippen LogP contribution in [0, 0.1) is 11.3 Å². The molecule has 0 spiro atoms. The Hall–Kier alpha value is -1.91. The number of nitrogens with zero attached hydrogens (tertiary/aromatic N) is 2. The van der Waals surface area contributed by atoms with E-state index in [1.807, 2.05) is 6.07 Å². The van der Waals surface area contributed by atoms with E-state index < -0.39 is 6.04 Å². The molecule has 1 unspecified atom stereocenters. The van der Waals surface area contributed by atoms with Gasteiger partial charge in [0.1, 0.15) is 17.0 Å². The number of nitriles is 1. The number of hydrogen-bond acceptors (Lipinski definition) is 5. The minimum atomic E-state index is -0.415. The van der Waals surface area contributed by atoms with Crippen molar-refractivity contribution in [3.05, 3.63) is 21.9 Å². The number of hydrogen-bond donors (Lipinski definition) is 2. The number of thiophene rings is 1. The Labute approximate surface area is 147 Å². The molecule has 0 aromatic carbocycles. The molecular weight excluding hydrogens is 324 g/mol. The van der Waals surface area contributed by atoms with Crippen molar-refractivity contribution < 1.29 is 9.59 Å². The van der Waals surface area contributed by atoms with Crippen molar-refractivity contribution in [3.8, 4) is 6.07 Å². The molecule has 24 heavy (non-hydrogen) atoms. The predicted octanol–water partition coefficient (Wildman–Crippen LogP) is 1.99. The first-order chi connectivity index (χ1) is 11.6. The van der Waals surface area contributed by atoms with Gasteiger partial charge in [-0.3, -0.25) is 9.59 Å². The standard InChI is InChI=1S/C13H16N4O2S.C4H10/c14-6-9-3-4-10(20-9)8-16-13(19)11-2-1-5-17(11)12(18)7-15;1-3-4-2/h3-4,11H,1-2,5,7-8,15H2,(H,16,19);3-4H2,1-2H3. The molecule has 6 nitrogen and oxygen atoms in total. The second kappa shape index (κ2) is 10.8. The van der Waals surface area contributed by atoms with Crippen LogP contribution in [0.5, 0.6) is 0 Å². The summed E-state index contributed by atoms with van der Waals surface area (Å²) in [5.41, 5.74) is 5.35. The zero-order valence-electron chi connectivity index (χ0n) is 14.4. The zero-order chi connectivity index (χ0) is 17.9.